The average molecular weight is 289 g/mol. The molecule has 0 amide bonds. The molecule has 1 unspecified atom stereocenters. The number of nitrogens with zero attached hydrogens (tertiary/aromatic N) is 1. The van der Waals surface area contributed by atoms with Gasteiger partial charge in [-0.3, -0.25) is 0 Å². The van der Waals surface area contributed by atoms with Crippen molar-refractivity contribution in [2.45, 2.75) is 46.1 Å². The number of halogens is 1. The van der Waals surface area contributed by atoms with E-state index in [9.17, 15) is 5.26 Å². The Bertz CT molecular complexity index is 549. The van der Waals surface area contributed by atoms with Gasteiger partial charge in [0.05, 0.1) is 6.07 Å². The summed E-state index contributed by atoms with van der Waals surface area (Å²) in [7, 11) is 0. The Morgan fingerprint density at radius 2 is 1.95 bits per heavy atom. The number of hydrogen-bond acceptors (Lipinski definition) is 2. The van der Waals surface area contributed by atoms with Crippen molar-refractivity contribution in [3.05, 3.63) is 40.4 Å². The average Bonchev–Trinajstić information content (AvgIpc) is 2.39. The van der Waals surface area contributed by atoms with E-state index in [0.29, 0.717) is 5.02 Å². The molecule has 20 heavy (non-hydrogen) atoms. The van der Waals surface area contributed by atoms with Crippen molar-refractivity contribution in [2.75, 3.05) is 5.32 Å². The fourth-order valence-electron chi connectivity index (χ4n) is 3.16. The zero-order valence-electron chi connectivity index (χ0n) is 12.3. The van der Waals surface area contributed by atoms with Crippen LogP contribution in [-0.2, 0) is 0 Å². The SMILES string of the molecule is CC1=C(C(C#N)Nc2ccc(Cl)cc2)C(C)(C)CCC1. The molecule has 0 aliphatic heterocycles. The molecular weight excluding hydrogens is 268 g/mol. The molecule has 0 saturated carbocycles. The summed E-state index contributed by atoms with van der Waals surface area (Å²) in [6, 6.07) is 9.66. The van der Waals surface area contributed by atoms with E-state index in [4.69, 9.17) is 11.6 Å². The van der Waals surface area contributed by atoms with Crippen LogP contribution in [0.5, 0.6) is 0 Å². The Balaban J connectivity index is 2.28. The lowest BCUT2D eigenvalue weighted by molar-refractivity contribution is 0.356. The van der Waals surface area contributed by atoms with Crippen LogP contribution >= 0.6 is 11.6 Å². The molecule has 3 heteroatoms. The molecule has 0 radical (unpaired) electrons. The van der Waals surface area contributed by atoms with Gasteiger partial charge in [0.25, 0.3) is 0 Å². The second-order valence-corrected chi connectivity index (χ2v) is 6.58. The van der Waals surface area contributed by atoms with E-state index in [1.807, 2.05) is 24.3 Å². The van der Waals surface area contributed by atoms with Crippen LogP contribution in [0.1, 0.15) is 40.0 Å². The maximum Gasteiger partial charge on any atom is 0.136 e. The number of benzene rings is 1. The Kier molecular flexibility index (Phi) is 4.40. The molecule has 0 bridgehead atoms. The fourth-order valence-corrected chi connectivity index (χ4v) is 3.29. The van der Waals surface area contributed by atoms with Gasteiger partial charge in [0.1, 0.15) is 6.04 Å². The highest BCUT2D eigenvalue weighted by Gasteiger charge is 2.33. The first-order valence-electron chi connectivity index (χ1n) is 7.06. The highest BCUT2D eigenvalue weighted by atomic mass is 35.5. The minimum atomic E-state index is -0.272. The third kappa shape index (κ3) is 3.16. The summed E-state index contributed by atoms with van der Waals surface area (Å²) in [5.41, 5.74) is 3.63. The predicted octanol–water partition coefficient (Wildman–Crippen LogP) is 5.17. The first-order chi connectivity index (χ1) is 9.44. The Labute approximate surface area is 126 Å². The number of hydrogen-bond donors (Lipinski definition) is 1. The van der Waals surface area contributed by atoms with Crippen LogP contribution in [0.25, 0.3) is 0 Å². The molecule has 1 aliphatic carbocycles. The Morgan fingerprint density at radius 1 is 1.30 bits per heavy atom. The van der Waals surface area contributed by atoms with Gasteiger partial charge >= 0.3 is 0 Å². The third-order valence-electron chi connectivity index (χ3n) is 4.12. The second-order valence-electron chi connectivity index (χ2n) is 6.14. The summed E-state index contributed by atoms with van der Waals surface area (Å²) in [6.07, 6.45) is 3.45. The van der Waals surface area contributed by atoms with Crippen molar-refractivity contribution in [1.82, 2.24) is 0 Å². The van der Waals surface area contributed by atoms with E-state index in [0.717, 1.165) is 18.5 Å². The van der Waals surface area contributed by atoms with Crippen LogP contribution < -0.4 is 5.32 Å². The van der Waals surface area contributed by atoms with Crippen LogP contribution in [0.2, 0.25) is 5.02 Å². The van der Waals surface area contributed by atoms with Gasteiger partial charge in [-0.2, -0.15) is 5.26 Å². The molecule has 0 spiro atoms. The van der Waals surface area contributed by atoms with Crippen molar-refractivity contribution < 1.29 is 0 Å². The largest absolute Gasteiger partial charge is 0.366 e. The lowest BCUT2D eigenvalue weighted by Gasteiger charge is -2.37. The van der Waals surface area contributed by atoms with E-state index in [1.165, 1.54) is 17.6 Å². The van der Waals surface area contributed by atoms with E-state index < -0.39 is 0 Å². The van der Waals surface area contributed by atoms with Gasteiger partial charge in [0.15, 0.2) is 0 Å². The number of nitrogens with one attached hydrogen (secondary N) is 1. The van der Waals surface area contributed by atoms with Gasteiger partial charge in [-0.05, 0) is 61.4 Å². The van der Waals surface area contributed by atoms with E-state index in [2.05, 4.69) is 32.2 Å². The molecule has 0 fully saturated rings. The molecule has 0 heterocycles. The molecule has 106 valence electrons. The van der Waals surface area contributed by atoms with Gasteiger partial charge in [-0.15, -0.1) is 0 Å². The molecule has 1 aliphatic rings. The third-order valence-corrected chi connectivity index (χ3v) is 4.37. The lowest BCUT2D eigenvalue weighted by atomic mass is 9.70. The Hall–Kier alpha value is -1.46. The minimum absolute atomic E-state index is 0.0855. The summed E-state index contributed by atoms with van der Waals surface area (Å²) in [4.78, 5) is 0. The molecule has 1 aromatic carbocycles. The number of nitriles is 1. The van der Waals surface area contributed by atoms with Crippen LogP contribution in [0.15, 0.2) is 35.4 Å². The van der Waals surface area contributed by atoms with Gasteiger partial charge in [-0.1, -0.05) is 31.0 Å². The van der Waals surface area contributed by atoms with Gasteiger partial charge in [-0.25, -0.2) is 0 Å². The molecule has 1 aromatic rings. The normalized spacial score (nSPS) is 19.4. The standard InChI is InChI=1S/C17H21ClN2/c1-12-5-4-10-17(2,3)16(12)15(11-19)20-14-8-6-13(18)7-9-14/h6-9,15,20H,4-5,10H2,1-3H3. The summed E-state index contributed by atoms with van der Waals surface area (Å²) in [6.45, 7) is 6.63. The summed E-state index contributed by atoms with van der Waals surface area (Å²) in [5, 5.41) is 13.6. The zero-order valence-corrected chi connectivity index (χ0v) is 13.1. The van der Waals surface area contributed by atoms with E-state index in [1.54, 1.807) is 0 Å². The minimum Gasteiger partial charge on any atom is -0.366 e. The second kappa shape index (κ2) is 5.89. The van der Waals surface area contributed by atoms with Crippen molar-refractivity contribution in [3.63, 3.8) is 0 Å². The smallest absolute Gasteiger partial charge is 0.136 e. The van der Waals surface area contributed by atoms with E-state index in [-0.39, 0.29) is 11.5 Å². The summed E-state index contributed by atoms with van der Waals surface area (Å²) in [5.74, 6) is 0. The molecule has 0 aromatic heterocycles. The lowest BCUT2D eigenvalue weighted by Crippen LogP contribution is -2.33. The number of allylic oxidation sites excluding steroid dienone is 1. The van der Waals surface area contributed by atoms with Crippen LogP contribution in [-0.4, -0.2) is 6.04 Å². The van der Waals surface area contributed by atoms with Gasteiger partial charge < -0.3 is 5.32 Å². The molecule has 0 saturated heterocycles. The molecule has 1 atom stereocenters. The quantitative estimate of drug-likeness (QED) is 0.779. The van der Waals surface area contributed by atoms with Crippen LogP contribution in [0.4, 0.5) is 5.69 Å². The van der Waals surface area contributed by atoms with Crippen molar-refractivity contribution in [1.29, 1.82) is 5.26 Å². The molecular formula is C17H21ClN2. The highest BCUT2D eigenvalue weighted by molar-refractivity contribution is 6.30. The van der Waals surface area contributed by atoms with Crippen molar-refractivity contribution >= 4 is 17.3 Å². The molecule has 2 nitrogen and oxygen atoms in total. The number of anilines is 1. The topological polar surface area (TPSA) is 35.8 Å². The zero-order chi connectivity index (χ0) is 14.8. The van der Waals surface area contributed by atoms with Crippen LogP contribution in [0, 0.1) is 16.7 Å². The first-order valence-corrected chi connectivity index (χ1v) is 7.44. The monoisotopic (exact) mass is 288 g/mol. The van der Waals surface area contributed by atoms with E-state index >= 15 is 0 Å². The maximum atomic E-state index is 9.57. The number of rotatable bonds is 3. The summed E-state index contributed by atoms with van der Waals surface area (Å²) < 4.78 is 0. The molecule has 1 N–H and O–H groups in total. The summed E-state index contributed by atoms with van der Waals surface area (Å²) >= 11 is 5.90. The molecule has 2 rings (SSSR count). The van der Waals surface area contributed by atoms with Crippen molar-refractivity contribution in [2.24, 2.45) is 5.41 Å². The van der Waals surface area contributed by atoms with Gasteiger partial charge in [0.2, 0.25) is 0 Å². The predicted molar refractivity (Wildman–Crippen MR) is 84.8 cm³/mol. The van der Waals surface area contributed by atoms with Gasteiger partial charge in [0, 0.05) is 10.7 Å². The Morgan fingerprint density at radius 3 is 2.50 bits per heavy atom. The highest BCUT2D eigenvalue weighted by Crippen LogP contribution is 2.42. The first kappa shape index (κ1) is 14.9. The van der Waals surface area contributed by atoms with Crippen molar-refractivity contribution in [3.8, 4) is 6.07 Å². The fraction of sp³-hybridized carbons (Fsp3) is 0.471. The van der Waals surface area contributed by atoms with Crippen LogP contribution in [0.3, 0.4) is 0 Å². The maximum absolute atomic E-state index is 9.57.